The third-order valence-electron chi connectivity index (χ3n) is 4.32. The molecule has 0 saturated heterocycles. The maximum absolute atomic E-state index is 11.7. The molecule has 0 fully saturated rings. The number of hydrogen-bond acceptors (Lipinski definition) is 3. The van der Waals surface area contributed by atoms with Crippen LogP contribution in [0.5, 0.6) is 5.75 Å². The van der Waals surface area contributed by atoms with Crippen LogP contribution in [0.2, 0.25) is 0 Å². The van der Waals surface area contributed by atoms with Crippen molar-refractivity contribution in [3.63, 3.8) is 0 Å². The van der Waals surface area contributed by atoms with Crippen LogP contribution in [0.25, 0.3) is 11.1 Å². The molecule has 2 aromatic carbocycles. The van der Waals surface area contributed by atoms with Gasteiger partial charge in [-0.3, -0.25) is 4.79 Å². The van der Waals surface area contributed by atoms with Gasteiger partial charge in [0.2, 0.25) is 0 Å². The fourth-order valence-electron chi connectivity index (χ4n) is 2.77. The van der Waals surface area contributed by atoms with E-state index >= 15 is 0 Å². The van der Waals surface area contributed by atoms with Crippen LogP contribution in [-0.2, 0) is 9.53 Å². The van der Waals surface area contributed by atoms with Crippen molar-refractivity contribution in [1.29, 1.82) is 0 Å². The Labute approximate surface area is 157 Å². The Balaban J connectivity index is 1.54. The minimum Gasteiger partial charge on any atom is -0.468 e. The molecule has 3 heteroatoms. The van der Waals surface area contributed by atoms with Gasteiger partial charge in [-0.2, -0.15) is 0 Å². The first-order valence-electron chi connectivity index (χ1n) is 9.67. The van der Waals surface area contributed by atoms with E-state index in [1.807, 2.05) is 30.3 Å². The molecule has 0 spiro atoms. The smallest absolute Gasteiger partial charge is 0.189 e. The highest BCUT2D eigenvalue weighted by Gasteiger charge is 2.02. The van der Waals surface area contributed by atoms with Crippen molar-refractivity contribution in [2.24, 2.45) is 0 Å². The summed E-state index contributed by atoms with van der Waals surface area (Å²) in [5.41, 5.74) is 2.36. The lowest BCUT2D eigenvalue weighted by Gasteiger charge is -2.08. The minimum atomic E-state index is 0.245. The molecule has 0 heterocycles. The summed E-state index contributed by atoms with van der Waals surface area (Å²) in [5.74, 6) is 1.18. The Morgan fingerprint density at radius 2 is 1.46 bits per heavy atom. The predicted octanol–water partition coefficient (Wildman–Crippen LogP) is 6.03. The van der Waals surface area contributed by atoms with Crippen molar-refractivity contribution < 1.29 is 14.3 Å². The van der Waals surface area contributed by atoms with Crippen LogP contribution >= 0.6 is 0 Å². The summed E-state index contributed by atoms with van der Waals surface area (Å²) < 4.78 is 11.1. The van der Waals surface area contributed by atoms with Crippen LogP contribution < -0.4 is 4.74 Å². The van der Waals surface area contributed by atoms with E-state index in [1.54, 1.807) is 0 Å². The quantitative estimate of drug-likeness (QED) is 0.325. The molecule has 0 radical (unpaired) electrons. The van der Waals surface area contributed by atoms with E-state index in [4.69, 9.17) is 9.47 Å². The van der Waals surface area contributed by atoms with Gasteiger partial charge in [0.25, 0.3) is 0 Å². The summed E-state index contributed by atoms with van der Waals surface area (Å²) >= 11 is 0. The fourth-order valence-corrected chi connectivity index (χ4v) is 2.77. The van der Waals surface area contributed by atoms with Crippen molar-refractivity contribution in [2.75, 3.05) is 13.4 Å². The van der Waals surface area contributed by atoms with Crippen molar-refractivity contribution in [3.05, 3.63) is 54.6 Å². The van der Waals surface area contributed by atoms with Gasteiger partial charge in [0.15, 0.2) is 6.79 Å². The number of benzene rings is 2. The molecule has 26 heavy (non-hydrogen) atoms. The number of ether oxygens (including phenoxy) is 2. The first kappa shape index (κ1) is 20.2. The topological polar surface area (TPSA) is 35.5 Å². The summed E-state index contributed by atoms with van der Waals surface area (Å²) in [6, 6.07) is 18.3. The van der Waals surface area contributed by atoms with Crippen LogP contribution in [0.1, 0.15) is 51.9 Å². The number of rotatable bonds is 13. The molecule has 0 aliphatic carbocycles. The normalized spacial score (nSPS) is 10.7. The first-order valence-corrected chi connectivity index (χ1v) is 9.67. The maximum atomic E-state index is 11.7. The summed E-state index contributed by atoms with van der Waals surface area (Å²) in [6.45, 7) is 3.03. The maximum Gasteiger partial charge on any atom is 0.189 e. The molecule has 0 saturated carbocycles. The summed E-state index contributed by atoms with van der Waals surface area (Å²) in [4.78, 5) is 11.7. The van der Waals surface area contributed by atoms with Gasteiger partial charge >= 0.3 is 0 Å². The molecule has 0 bridgehead atoms. The zero-order chi connectivity index (χ0) is 18.5. The molecule has 2 aromatic rings. The average molecular weight is 354 g/mol. The van der Waals surface area contributed by atoms with Crippen LogP contribution in [-0.4, -0.2) is 19.2 Å². The molecule has 0 aromatic heterocycles. The van der Waals surface area contributed by atoms with E-state index in [0.717, 1.165) is 44.3 Å². The Bertz CT molecular complexity index is 620. The number of ketones is 1. The molecular formula is C23H30O3. The van der Waals surface area contributed by atoms with E-state index in [1.165, 1.54) is 11.1 Å². The van der Waals surface area contributed by atoms with Gasteiger partial charge in [-0.15, -0.1) is 0 Å². The van der Waals surface area contributed by atoms with E-state index in [0.29, 0.717) is 18.8 Å². The highest BCUT2D eigenvalue weighted by Crippen LogP contribution is 2.22. The molecule has 140 valence electrons. The SMILES string of the molecule is CCCCCC(=O)CCCCOCOc1ccc(-c2ccccc2)cc1. The number of carbonyl (C=O) groups excluding carboxylic acids is 1. The van der Waals surface area contributed by atoms with Crippen LogP contribution in [0.4, 0.5) is 0 Å². The highest BCUT2D eigenvalue weighted by atomic mass is 16.7. The summed E-state index contributed by atoms with van der Waals surface area (Å²) in [7, 11) is 0. The van der Waals surface area contributed by atoms with Crippen molar-refractivity contribution in [2.45, 2.75) is 51.9 Å². The lowest BCUT2D eigenvalue weighted by atomic mass is 10.1. The van der Waals surface area contributed by atoms with Crippen LogP contribution in [0.3, 0.4) is 0 Å². The Morgan fingerprint density at radius 3 is 2.15 bits per heavy atom. The molecule has 0 aliphatic rings. The fraction of sp³-hybridized carbons (Fsp3) is 0.435. The summed E-state index contributed by atoms with van der Waals surface area (Å²) in [6.07, 6.45) is 6.55. The van der Waals surface area contributed by atoms with Gasteiger partial charge in [-0.05, 0) is 42.5 Å². The monoisotopic (exact) mass is 354 g/mol. The number of hydrogen-bond donors (Lipinski definition) is 0. The highest BCUT2D eigenvalue weighted by molar-refractivity contribution is 5.78. The first-order chi connectivity index (χ1) is 12.8. The standard InChI is InChI=1S/C23H30O3/c1-2-3-5-12-22(24)13-8-9-18-25-19-26-23-16-14-21(15-17-23)20-10-6-4-7-11-20/h4,6-7,10-11,14-17H,2-3,5,8-9,12-13,18-19H2,1H3. The molecule has 0 N–H and O–H groups in total. The Kier molecular flexibility index (Phi) is 9.52. The molecule has 0 unspecified atom stereocenters. The lowest BCUT2D eigenvalue weighted by Crippen LogP contribution is -2.05. The number of Topliss-reactive ketones (excluding diaryl/α,β-unsaturated/α-hetero) is 1. The van der Waals surface area contributed by atoms with E-state index in [-0.39, 0.29) is 6.79 Å². The van der Waals surface area contributed by atoms with Crippen LogP contribution in [0.15, 0.2) is 54.6 Å². The van der Waals surface area contributed by atoms with E-state index in [9.17, 15) is 4.79 Å². The van der Waals surface area contributed by atoms with Crippen LogP contribution in [0, 0.1) is 0 Å². The van der Waals surface area contributed by atoms with Gasteiger partial charge in [0, 0.05) is 12.8 Å². The zero-order valence-corrected chi connectivity index (χ0v) is 15.8. The van der Waals surface area contributed by atoms with Crippen molar-refractivity contribution >= 4 is 5.78 Å². The van der Waals surface area contributed by atoms with Gasteiger partial charge in [0.1, 0.15) is 11.5 Å². The minimum absolute atomic E-state index is 0.245. The summed E-state index contributed by atoms with van der Waals surface area (Å²) in [5, 5.41) is 0. The third kappa shape index (κ3) is 7.83. The molecule has 0 aliphatic heterocycles. The second kappa shape index (κ2) is 12.3. The van der Waals surface area contributed by atoms with E-state index in [2.05, 4.69) is 31.2 Å². The second-order valence-electron chi connectivity index (χ2n) is 6.51. The number of carbonyl (C=O) groups is 1. The van der Waals surface area contributed by atoms with Gasteiger partial charge in [-0.25, -0.2) is 0 Å². The number of unbranched alkanes of at least 4 members (excludes halogenated alkanes) is 3. The van der Waals surface area contributed by atoms with Gasteiger partial charge < -0.3 is 9.47 Å². The zero-order valence-electron chi connectivity index (χ0n) is 15.8. The molecule has 3 nitrogen and oxygen atoms in total. The van der Waals surface area contributed by atoms with Crippen molar-refractivity contribution in [1.82, 2.24) is 0 Å². The lowest BCUT2D eigenvalue weighted by molar-refractivity contribution is -0.119. The van der Waals surface area contributed by atoms with Gasteiger partial charge in [-0.1, -0.05) is 62.2 Å². The molecule has 2 rings (SSSR count). The van der Waals surface area contributed by atoms with Gasteiger partial charge in [0.05, 0.1) is 6.61 Å². The Hall–Kier alpha value is -2.13. The third-order valence-corrected chi connectivity index (χ3v) is 4.32. The second-order valence-corrected chi connectivity index (χ2v) is 6.51. The molecule has 0 amide bonds. The molecular weight excluding hydrogens is 324 g/mol. The Morgan fingerprint density at radius 1 is 0.808 bits per heavy atom. The predicted molar refractivity (Wildman–Crippen MR) is 106 cm³/mol. The molecule has 0 atom stereocenters. The average Bonchev–Trinajstić information content (AvgIpc) is 2.68. The van der Waals surface area contributed by atoms with E-state index < -0.39 is 0 Å². The van der Waals surface area contributed by atoms with Crippen molar-refractivity contribution in [3.8, 4) is 16.9 Å². The largest absolute Gasteiger partial charge is 0.468 e.